The molecule has 1 heterocycles. The number of aryl methyl sites for hydroxylation is 1. The molecule has 0 saturated heterocycles. The summed E-state index contributed by atoms with van der Waals surface area (Å²) >= 11 is 0. The number of nitrogens with zero attached hydrogens (tertiary/aromatic N) is 2. The largest absolute Gasteiger partial charge is 0.394 e. The van der Waals surface area contributed by atoms with E-state index in [4.69, 9.17) is 5.11 Å². The molecular formula is C18H21N3O. The number of aromatic nitrogens is 2. The molecule has 0 atom stereocenters. The summed E-state index contributed by atoms with van der Waals surface area (Å²) in [6.45, 7) is 5.45. The Morgan fingerprint density at radius 1 is 1.09 bits per heavy atom. The Hall–Kier alpha value is -2.33. The minimum absolute atomic E-state index is 0.109. The van der Waals surface area contributed by atoms with E-state index in [1.54, 1.807) is 0 Å². The van der Waals surface area contributed by atoms with Gasteiger partial charge >= 0.3 is 0 Å². The lowest BCUT2D eigenvalue weighted by Gasteiger charge is -2.10. The highest BCUT2D eigenvalue weighted by Gasteiger charge is 2.11. The van der Waals surface area contributed by atoms with Gasteiger partial charge in [-0.25, -0.2) is 0 Å². The monoisotopic (exact) mass is 295 g/mol. The van der Waals surface area contributed by atoms with Crippen LogP contribution in [0.3, 0.4) is 0 Å². The van der Waals surface area contributed by atoms with Gasteiger partial charge in [0.1, 0.15) is 0 Å². The van der Waals surface area contributed by atoms with Crippen molar-refractivity contribution in [3.05, 3.63) is 59.4 Å². The van der Waals surface area contributed by atoms with Crippen LogP contribution in [-0.2, 0) is 13.1 Å². The minimum atomic E-state index is 0.109. The van der Waals surface area contributed by atoms with Gasteiger partial charge in [0.2, 0.25) is 0 Å². The zero-order valence-corrected chi connectivity index (χ0v) is 13.0. The molecule has 0 unspecified atom stereocenters. The Balaban J connectivity index is 1.86. The second-order valence-electron chi connectivity index (χ2n) is 5.48. The second-order valence-corrected chi connectivity index (χ2v) is 5.48. The van der Waals surface area contributed by atoms with Crippen molar-refractivity contribution in [1.29, 1.82) is 0 Å². The fourth-order valence-electron chi connectivity index (χ4n) is 2.87. The molecule has 3 rings (SSSR count). The molecule has 0 fully saturated rings. The Labute approximate surface area is 130 Å². The average Bonchev–Trinajstić information content (AvgIpc) is 2.80. The first-order chi connectivity index (χ1) is 10.7. The highest BCUT2D eigenvalue weighted by atomic mass is 16.3. The number of benzene rings is 2. The van der Waals surface area contributed by atoms with Crippen LogP contribution in [0.5, 0.6) is 0 Å². The number of fused-ring (bicyclic) bond motifs is 1. The Morgan fingerprint density at radius 2 is 1.86 bits per heavy atom. The first-order valence-corrected chi connectivity index (χ1v) is 7.56. The molecule has 114 valence electrons. The number of aliphatic hydroxyl groups excluding tert-OH is 1. The highest BCUT2D eigenvalue weighted by Crippen LogP contribution is 2.24. The summed E-state index contributed by atoms with van der Waals surface area (Å²) in [6.07, 6.45) is 0. The molecule has 0 bridgehead atoms. The summed E-state index contributed by atoms with van der Waals surface area (Å²) < 4.78 is 1.87. The molecule has 4 nitrogen and oxygen atoms in total. The highest BCUT2D eigenvalue weighted by molar-refractivity contribution is 5.93. The van der Waals surface area contributed by atoms with Crippen LogP contribution in [0.4, 0.5) is 5.69 Å². The summed E-state index contributed by atoms with van der Waals surface area (Å²) in [4.78, 5) is 0. The molecule has 0 aliphatic rings. The second kappa shape index (κ2) is 6.20. The molecule has 2 aromatic carbocycles. The Morgan fingerprint density at radius 3 is 2.68 bits per heavy atom. The van der Waals surface area contributed by atoms with Crippen molar-refractivity contribution in [1.82, 2.24) is 9.78 Å². The van der Waals surface area contributed by atoms with Crippen LogP contribution in [0.1, 0.15) is 17.0 Å². The summed E-state index contributed by atoms with van der Waals surface area (Å²) in [5.74, 6) is 0. The zero-order valence-electron chi connectivity index (χ0n) is 13.0. The summed E-state index contributed by atoms with van der Waals surface area (Å²) in [7, 11) is 0. The summed E-state index contributed by atoms with van der Waals surface area (Å²) in [6, 6.07) is 14.7. The SMILES string of the molecule is Cc1nn(CCO)c(C)c1CNc1cccc2ccccc12. The molecule has 0 radical (unpaired) electrons. The van der Waals surface area contributed by atoms with Crippen molar-refractivity contribution in [2.24, 2.45) is 0 Å². The third kappa shape index (κ3) is 2.70. The van der Waals surface area contributed by atoms with Crippen LogP contribution >= 0.6 is 0 Å². The first-order valence-electron chi connectivity index (χ1n) is 7.56. The minimum Gasteiger partial charge on any atom is -0.394 e. The number of nitrogens with one attached hydrogen (secondary N) is 1. The van der Waals surface area contributed by atoms with Gasteiger partial charge < -0.3 is 10.4 Å². The Kier molecular flexibility index (Phi) is 4.11. The topological polar surface area (TPSA) is 50.1 Å². The molecule has 1 aromatic heterocycles. The van der Waals surface area contributed by atoms with Gasteiger partial charge in [-0.15, -0.1) is 0 Å². The molecule has 4 heteroatoms. The van der Waals surface area contributed by atoms with Crippen molar-refractivity contribution in [3.8, 4) is 0 Å². The standard InChI is InChI=1S/C18H21N3O/c1-13-17(14(2)21(20-13)10-11-22)12-19-18-9-5-7-15-6-3-4-8-16(15)18/h3-9,19,22H,10-12H2,1-2H3. The number of rotatable bonds is 5. The van der Waals surface area contributed by atoms with Gasteiger partial charge in [0.05, 0.1) is 18.8 Å². The third-order valence-electron chi connectivity index (χ3n) is 4.09. The van der Waals surface area contributed by atoms with E-state index in [0.29, 0.717) is 6.54 Å². The predicted octanol–water partition coefficient (Wildman–Crippen LogP) is 3.26. The lowest BCUT2D eigenvalue weighted by molar-refractivity contribution is 0.268. The van der Waals surface area contributed by atoms with E-state index in [2.05, 4.69) is 59.8 Å². The van der Waals surface area contributed by atoms with E-state index in [9.17, 15) is 0 Å². The van der Waals surface area contributed by atoms with Crippen LogP contribution in [-0.4, -0.2) is 21.5 Å². The molecule has 3 aromatic rings. The Bertz CT molecular complexity index is 787. The summed E-state index contributed by atoms with van der Waals surface area (Å²) in [5, 5.41) is 19.6. The van der Waals surface area contributed by atoms with Crippen molar-refractivity contribution in [2.75, 3.05) is 11.9 Å². The van der Waals surface area contributed by atoms with E-state index in [1.807, 2.05) is 11.6 Å². The van der Waals surface area contributed by atoms with E-state index in [0.717, 1.165) is 23.6 Å². The fourth-order valence-corrected chi connectivity index (χ4v) is 2.87. The van der Waals surface area contributed by atoms with Gasteiger partial charge in [-0.1, -0.05) is 36.4 Å². The van der Waals surface area contributed by atoms with Crippen LogP contribution in [0, 0.1) is 13.8 Å². The van der Waals surface area contributed by atoms with Crippen LogP contribution in [0.2, 0.25) is 0 Å². The molecule has 22 heavy (non-hydrogen) atoms. The maximum atomic E-state index is 9.09. The number of anilines is 1. The maximum Gasteiger partial charge on any atom is 0.0646 e. The van der Waals surface area contributed by atoms with Crippen LogP contribution in [0.25, 0.3) is 10.8 Å². The van der Waals surface area contributed by atoms with E-state index in [1.165, 1.54) is 16.3 Å². The zero-order chi connectivity index (χ0) is 15.5. The van der Waals surface area contributed by atoms with E-state index < -0.39 is 0 Å². The molecule has 2 N–H and O–H groups in total. The van der Waals surface area contributed by atoms with E-state index >= 15 is 0 Å². The lowest BCUT2D eigenvalue weighted by Crippen LogP contribution is -2.07. The van der Waals surface area contributed by atoms with Crippen molar-refractivity contribution < 1.29 is 5.11 Å². The summed E-state index contributed by atoms with van der Waals surface area (Å²) in [5.41, 5.74) is 4.45. The van der Waals surface area contributed by atoms with E-state index in [-0.39, 0.29) is 6.61 Å². The van der Waals surface area contributed by atoms with Crippen molar-refractivity contribution in [2.45, 2.75) is 26.9 Å². The van der Waals surface area contributed by atoms with Gasteiger partial charge in [-0.05, 0) is 25.3 Å². The van der Waals surface area contributed by atoms with Gasteiger partial charge in [0.15, 0.2) is 0 Å². The normalized spacial score (nSPS) is 11.0. The van der Waals surface area contributed by atoms with Gasteiger partial charge in [0.25, 0.3) is 0 Å². The maximum absolute atomic E-state index is 9.09. The van der Waals surface area contributed by atoms with Crippen LogP contribution in [0.15, 0.2) is 42.5 Å². The van der Waals surface area contributed by atoms with Gasteiger partial charge in [0, 0.05) is 28.9 Å². The van der Waals surface area contributed by atoms with Gasteiger partial charge in [-0.2, -0.15) is 5.10 Å². The lowest BCUT2D eigenvalue weighted by atomic mass is 10.1. The quantitative estimate of drug-likeness (QED) is 0.759. The predicted molar refractivity (Wildman–Crippen MR) is 90.1 cm³/mol. The molecule has 0 saturated carbocycles. The number of hydrogen-bond donors (Lipinski definition) is 2. The molecule has 0 aliphatic carbocycles. The van der Waals surface area contributed by atoms with Crippen molar-refractivity contribution in [3.63, 3.8) is 0 Å². The smallest absolute Gasteiger partial charge is 0.0646 e. The average molecular weight is 295 g/mol. The molecule has 0 amide bonds. The number of aliphatic hydroxyl groups is 1. The van der Waals surface area contributed by atoms with Crippen molar-refractivity contribution >= 4 is 16.5 Å². The van der Waals surface area contributed by atoms with Crippen LogP contribution < -0.4 is 5.32 Å². The molecule has 0 aliphatic heterocycles. The molecule has 0 spiro atoms. The fraction of sp³-hybridized carbons (Fsp3) is 0.278. The molecular weight excluding hydrogens is 274 g/mol. The van der Waals surface area contributed by atoms with Gasteiger partial charge in [-0.3, -0.25) is 4.68 Å². The third-order valence-corrected chi connectivity index (χ3v) is 4.09. The first kappa shape index (κ1) is 14.6. The number of hydrogen-bond acceptors (Lipinski definition) is 3.